The highest BCUT2D eigenvalue weighted by Crippen LogP contribution is 2.76. The van der Waals surface area contributed by atoms with Gasteiger partial charge in [-0.15, -0.1) is 0 Å². The van der Waals surface area contributed by atoms with Crippen molar-refractivity contribution in [3.8, 4) is 6.07 Å². The van der Waals surface area contributed by atoms with Gasteiger partial charge in [0, 0.05) is 6.42 Å². The first kappa shape index (κ1) is 9.90. The summed E-state index contributed by atoms with van der Waals surface area (Å²) in [4.78, 5) is 0. The molecule has 0 spiro atoms. The number of aryl methyl sites for hydroxylation is 1. The van der Waals surface area contributed by atoms with Crippen molar-refractivity contribution in [1.82, 2.24) is 0 Å². The Hall–Kier alpha value is -1.29. The van der Waals surface area contributed by atoms with Crippen molar-refractivity contribution in [3.63, 3.8) is 0 Å². The van der Waals surface area contributed by atoms with Crippen LogP contribution in [0.4, 0.5) is 0 Å². The molecule has 0 N–H and O–H groups in total. The van der Waals surface area contributed by atoms with Crippen LogP contribution in [0.3, 0.4) is 0 Å². The summed E-state index contributed by atoms with van der Waals surface area (Å²) in [5, 5.41) is 8.73. The molecule has 1 heteroatoms. The van der Waals surface area contributed by atoms with Gasteiger partial charge in [-0.05, 0) is 48.5 Å². The molecule has 1 aromatic carbocycles. The average Bonchev–Trinajstić information content (AvgIpc) is 2.21. The summed E-state index contributed by atoms with van der Waals surface area (Å²) in [5.41, 5.74) is 2.56. The average molecular weight is 211 g/mol. The van der Waals surface area contributed by atoms with Crippen molar-refractivity contribution < 1.29 is 0 Å². The van der Waals surface area contributed by atoms with E-state index in [1.807, 2.05) is 0 Å². The fourth-order valence-corrected chi connectivity index (χ4v) is 3.91. The van der Waals surface area contributed by atoms with Crippen molar-refractivity contribution >= 4 is 0 Å². The molecule has 0 unspecified atom stereocenters. The van der Waals surface area contributed by atoms with Gasteiger partial charge < -0.3 is 0 Å². The third kappa shape index (κ3) is 1.45. The van der Waals surface area contributed by atoms with E-state index < -0.39 is 0 Å². The van der Waals surface area contributed by atoms with Crippen molar-refractivity contribution in [1.29, 1.82) is 5.26 Å². The molecule has 3 aliphatic carbocycles. The zero-order valence-corrected chi connectivity index (χ0v) is 9.58. The summed E-state index contributed by atoms with van der Waals surface area (Å²) >= 11 is 0. The lowest BCUT2D eigenvalue weighted by Gasteiger charge is -2.71. The number of benzene rings is 1. The SMILES string of the molecule is N#CCC12CC(CCc3ccccc3)(C1)C2. The molecule has 3 aliphatic rings. The third-order valence-corrected chi connectivity index (χ3v) is 4.49. The Morgan fingerprint density at radius 2 is 1.75 bits per heavy atom. The van der Waals surface area contributed by atoms with Gasteiger partial charge in [0.05, 0.1) is 6.07 Å². The van der Waals surface area contributed by atoms with Crippen LogP contribution in [0.1, 0.15) is 37.7 Å². The maximum absolute atomic E-state index is 8.73. The molecule has 0 amide bonds. The van der Waals surface area contributed by atoms with Crippen LogP contribution >= 0.6 is 0 Å². The van der Waals surface area contributed by atoms with E-state index in [1.165, 1.54) is 37.7 Å². The fraction of sp³-hybridized carbons (Fsp3) is 0.533. The van der Waals surface area contributed by atoms with E-state index in [1.54, 1.807) is 0 Å². The topological polar surface area (TPSA) is 23.8 Å². The van der Waals surface area contributed by atoms with Gasteiger partial charge in [-0.25, -0.2) is 0 Å². The predicted octanol–water partition coefficient (Wildman–Crippen LogP) is 3.70. The molecule has 0 aromatic heterocycles. The van der Waals surface area contributed by atoms with E-state index in [0.29, 0.717) is 10.8 Å². The smallest absolute Gasteiger partial charge is 0.0627 e. The van der Waals surface area contributed by atoms with Gasteiger partial charge in [-0.2, -0.15) is 5.26 Å². The maximum Gasteiger partial charge on any atom is 0.0627 e. The monoisotopic (exact) mass is 211 g/mol. The predicted molar refractivity (Wildman–Crippen MR) is 63.7 cm³/mol. The second kappa shape index (κ2) is 3.35. The summed E-state index contributed by atoms with van der Waals surface area (Å²) < 4.78 is 0. The molecule has 0 radical (unpaired) electrons. The van der Waals surface area contributed by atoms with Gasteiger partial charge in [0.15, 0.2) is 0 Å². The molecule has 0 aliphatic heterocycles. The van der Waals surface area contributed by atoms with Crippen molar-refractivity contribution in [2.24, 2.45) is 10.8 Å². The van der Waals surface area contributed by atoms with Crippen molar-refractivity contribution in [2.75, 3.05) is 0 Å². The number of hydrogen-bond acceptors (Lipinski definition) is 1. The van der Waals surface area contributed by atoms with Crippen LogP contribution in [0.2, 0.25) is 0 Å². The van der Waals surface area contributed by atoms with Crippen LogP contribution in [-0.4, -0.2) is 0 Å². The molecule has 82 valence electrons. The quantitative estimate of drug-likeness (QED) is 0.745. The van der Waals surface area contributed by atoms with E-state index >= 15 is 0 Å². The van der Waals surface area contributed by atoms with Gasteiger partial charge in [0.2, 0.25) is 0 Å². The van der Waals surface area contributed by atoms with Crippen LogP contribution in [0.25, 0.3) is 0 Å². The van der Waals surface area contributed by atoms with E-state index in [9.17, 15) is 0 Å². The number of hydrogen-bond donors (Lipinski definition) is 0. The lowest BCUT2D eigenvalue weighted by Crippen LogP contribution is -2.61. The summed E-state index contributed by atoms with van der Waals surface area (Å²) in [5.74, 6) is 0. The Bertz CT molecular complexity index is 407. The molecular formula is C15H17N. The molecule has 4 rings (SSSR count). The van der Waals surface area contributed by atoms with Crippen LogP contribution in [-0.2, 0) is 6.42 Å². The zero-order chi connectivity index (χ0) is 11.1. The molecule has 16 heavy (non-hydrogen) atoms. The highest BCUT2D eigenvalue weighted by atomic mass is 14.7. The minimum atomic E-state index is 0.464. The largest absolute Gasteiger partial charge is 0.198 e. The van der Waals surface area contributed by atoms with Crippen LogP contribution in [0, 0.1) is 22.2 Å². The minimum Gasteiger partial charge on any atom is -0.198 e. The van der Waals surface area contributed by atoms with Crippen LogP contribution in [0.5, 0.6) is 0 Å². The van der Waals surface area contributed by atoms with Crippen LogP contribution < -0.4 is 0 Å². The van der Waals surface area contributed by atoms with E-state index in [0.717, 1.165) is 6.42 Å². The van der Waals surface area contributed by atoms with Gasteiger partial charge in [-0.3, -0.25) is 0 Å². The number of nitrogens with zero attached hydrogens (tertiary/aromatic N) is 1. The van der Waals surface area contributed by atoms with Gasteiger partial charge in [-0.1, -0.05) is 30.3 Å². The number of rotatable bonds is 4. The normalized spacial score (nSPS) is 34.7. The third-order valence-electron chi connectivity index (χ3n) is 4.49. The summed E-state index contributed by atoms with van der Waals surface area (Å²) in [6, 6.07) is 13.1. The lowest BCUT2D eigenvalue weighted by molar-refractivity contribution is -0.203. The second-order valence-corrected chi connectivity index (χ2v) is 5.85. The Kier molecular flexibility index (Phi) is 2.07. The Balaban J connectivity index is 1.52. The molecule has 1 aromatic rings. The molecule has 3 saturated carbocycles. The molecule has 2 bridgehead atoms. The molecule has 0 saturated heterocycles. The summed E-state index contributed by atoms with van der Waals surface area (Å²) in [6.07, 6.45) is 7.29. The van der Waals surface area contributed by atoms with E-state index in [-0.39, 0.29) is 0 Å². The molecule has 3 fully saturated rings. The van der Waals surface area contributed by atoms with Crippen molar-refractivity contribution in [2.45, 2.75) is 38.5 Å². The lowest BCUT2D eigenvalue weighted by atomic mass is 9.33. The van der Waals surface area contributed by atoms with Gasteiger partial charge in [0.25, 0.3) is 0 Å². The molecule has 0 heterocycles. The van der Waals surface area contributed by atoms with Crippen molar-refractivity contribution in [3.05, 3.63) is 35.9 Å². The standard InChI is InChI=1S/C15H17N/c16-9-8-15-10-14(11-15,12-15)7-6-13-4-2-1-3-5-13/h1-5H,6-8,10-12H2. The van der Waals surface area contributed by atoms with E-state index in [4.69, 9.17) is 5.26 Å². The Morgan fingerprint density at radius 1 is 1.06 bits per heavy atom. The second-order valence-electron chi connectivity index (χ2n) is 5.85. The molecule has 1 nitrogen and oxygen atoms in total. The molecular weight excluding hydrogens is 194 g/mol. The first-order valence-corrected chi connectivity index (χ1v) is 6.17. The Labute approximate surface area is 97.1 Å². The van der Waals surface area contributed by atoms with Gasteiger partial charge >= 0.3 is 0 Å². The first-order valence-electron chi connectivity index (χ1n) is 6.17. The highest BCUT2D eigenvalue weighted by Gasteiger charge is 2.66. The van der Waals surface area contributed by atoms with Gasteiger partial charge in [0.1, 0.15) is 0 Å². The Morgan fingerprint density at radius 3 is 2.38 bits per heavy atom. The molecule has 0 atom stereocenters. The summed E-state index contributed by atoms with van der Waals surface area (Å²) in [7, 11) is 0. The number of nitriles is 1. The summed E-state index contributed by atoms with van der Waals surface area (Å²) in [6.45, 7) is 0. The fourth-order valence-electron chi connectivity index (χ4n) is 3.91. The highest BCUT2D eigenvalue weighted by molar-refractivity contribution is 5.21. The maximum atomic E-state index is 8.73. The minimum absolute atomic E-state index is 0.464. The first-order chi connectivity index (χ1) is 7.76. The zero-order valence-electron chi connectivity index (χ0n) is 9.58. The van der Waals surface area contributed by atoms with E-state index in [2.05, 4.69) is 36.4 Å². The van der Waals surface area contributed by atoms with Crippen LogP contribution in [0.15, 0.2) is 30.3 Å².